The molecule has 5 rings (SSSR count). The van der Waals surface area contributed by atoms with Crippen molar-refractivity contribution < 1.29 is 19.3 Å². The lowest BCUT2D eigenvalue weighted by atomic mass is 9.82. The van der Waals surface area contributed by atoms with Crippen molar-refractivity contribution in [2.75, 3.05) is 10.2 Å². The molecule has 1 saturated heterocycles. The van der Waals surface area contributed by atoms with Crippen molar-refractivity contribution in [2.45, 2.75) is 19.8 Å². The molecular formula is C28H23N3O5. The highest BCUT2D eigenvalue weighted by Gasteiger charge is 2.48. The van der Waals surface area contributed by atoms with E-state index in [0.717, 1.165) is 16.7 Å². The Morgan fingerprint density at radius 3 is 2.08 bits per heavy atom. The number of benzene rings is 3. The minimum atomic E-state index is -0.444. The van der Waals surface area contributed by atoms with Gasteiger partial charge in [-0.05, 0) is 79.4 Å². The first-order valence-electron chi connectivity index (χ1n) is 11.6. The van der Waals surface area contributed by atoms with Crippen molar-refractivity contribution in [1.82, 2.24) is 0 Å². The summed E-state index contributed by atoms with van der Waals surface area (Å²) in [5.74, 6) is -1.29. The second-order valence-electron chi connectivity index (χ2n) is 9.10. The zero-order valence-electron chi connectivity index (χ0n) is 19.5. The summed E-state index contributed by atoms with van der Waals surface area (Å²) in [6.45, 7) is 1.98. The third-order valence-corrected chi connectivity index (χ3v) is 6.76. The van der Waals surface area contributed by atoms with Crippen LogP contribution in [0, 0.1) is 22.0 Å². The number of allylic oxidation sites excluding steroid dienone is 2. The number of nitro groups is 1. The molecule has 180 valence electrons. The zero-order chi connectivity index (χ0) is 25.4. The van der Waals surface area contributed by atoms with Gasteiger partial charge in [-0.1, -0.05) is 23.8 Å². The van der Waals surface area contributed by atoms with Crippen LogP contribution in [0.2, 0.25) is 0 Å². The fourth-order valence-corrected chi connectivity index (χ4v) is 4.78. The van der Waals surface area contributed by atoms with E-state index in [1.165, 1.54) is 17.0 Å². The minimum absolute atomic E-state index is 0.0255. The maximum Gasteiger partial charge on any atom is 0.269 e. The van der Waals surface area contributed by atoms with Gasteiger partial charge in [0.25, 0.3) is 11.6 Å². The first-order valence-corrected chi connectivity index (χ1v) is 11.6. The Morgan fingerprint density at radius 1 is 0.889 bits per heavy atom. The number of imide groups is 1. The number of carbonyl (C=O) groups is 3. The van der Waals surface area contributed by atoms with Gasteiger partial charge in [-0.15, -0.1) is 0 Å². The first-order chi connectivity index (χ1) is 17.3. The van der Waals surface area contributed by atoms with Gasteiger partial charge in [-0.25, -0.2) is 0 Å². The molecule has 1 N–H and O–H groups in total. The summed E-state index contributed by atoms with van der Waals surface area (Å²) in [6.07, 6.45) is 3.22. The molecule has 0 saturated carbocycles. The average molecular weight is 482 g/mol. The summed E-state index contributed by atoms with van der Waals surface area (Å²) >= 11 is 0. The Labute approximate surface area is 207 Å². The average Bonchev–Trinajstić information content (AvgIpc) is 3.13. The third kappa shape index (κ3) is 4.29. The monoisotopic (exact) mass is 481 g/mol. The second-order valence-corrected chi connectivity index (χ2v) is 9.10. The van der Waals surface area contributed by atoms with Gasteiger partial charge in [0.2, 0.25) is 11.8 Å². The van der Waals surface area contributed by atoms with E-state index in [9.17, 15) is 24.5 Å². The van der Waals surface area contributed by atoms with Crippen molar-refractivity contribution in [3.8, 4) is 11.1 Å². The molecule has 36 heavy (non-hydrogen) atoms. The van der Waals surface area contributed by atoms with Gasteiger partial charge in [0.05, 0.1) is 22.4 Å². The number of nitrogens with zero attached hydrogens (tertiary/aromatic N) is 2. The molecule has 0 unspecified atom stereocenters. The van der Waals surface area contributed by atoms with Gasteiger partial charge in [-0.2, -0.15) is 0 Å². The van der Waals surface area contributed by atoms with E-state index in [1.807, 2.05) is 25.1 Å². The maximum atomic E-state index is 12.9. The number of rotatable bonds is 5. The number of non-ortho nitro benzene ring substituents is 1. The van der Waals surface area contributed by atoms with E-state index in [-0.39, 0.29) is 35.2 Å². The highest BCUT2D eigenvalue weighted by molar-refractivity contribution is 6.22. The Balaban J connectivity index is 1.25. The number of nitro benzene ring substituents is 1. The van der Waals surface area contributed by atoms with E-state index in [1.54, 1.807) is 48.5 Å². The van der Waals surface area contributed by atoms with Crippen LogP contribution in [0.1, 0.15) is 30.1 Å². The van der Waals surface area contributed by atoms with Crippen LogP contribution in [-0.2, 0) is 9.59 Å². The summed E-state index contributed by atoms with van der Waals surface area (Å²) in [5.41, 5.74) is 4.30. The molecule has 8 nitrogen and oxygen atoms in total. The normalized spacial score (nSPS) is 19.0. The highest BCUT2D eigenvalue weighted by Crippen LogP contribution is 2.39. The maximum absolute atomic E-state index is 12.9. The van der Waals surface area contributed by atoms with Crippen LogP contribution in [0.15, 0.2) is 84.4 Å². The number of hydrogen-bond acceptors (Lipinski definition) is 5. The molecular weight excluding hydrogens is 458 g/mol. The Hall–Kier alpha value is -4.59. The van der Waals surface area contributed by atoms with Crippen molar-refractivity contribution in [1.29, 1.82) is 0 Å². The summed E-state index contributed by atoms with van der Waals surface area (Å²) in [4.78, 5) is 50.1. The molecule has 0 aromatic heterocycles. The number of carbonyl (C=O) groups excluding carboxylic acids is 3. The van der Waals surface area contributed by atoms with Crippen LogP contribution in [0.25, 0.3) is 11.1 Å². The molecule has 0 radical (unpaired) electrons. The molecule has 3 aromatic carbocycles. The van der Waals surface area contributed by atoms with Gasteiger partial charge in [0, 0.05) is 23.4 Å². The van der Waals surface area contributed by atoms with Crippen LogP contribution in [0.5, 0.6) is 0 Å². The molecule has 0 bridgehead atoms. The minimum Gasteiger partial charge on any atom is -0.322 e. The van der Waals surface area contributed by atoms with Gasteiger partial charge in [0.1, 0.15) is 0 Å². The van der Waals surface area contributed by atoms with E-state index < -0.39 is 4.92 Å². The Morgan fingerprint density at radius 2 is 1.47 bits per heavy atom. The van der Waals surface area contributed by atoms with Crippen LogP contribution < -0.4 is 10.2 Å². The smallest absolute Gasteiger partial charge is 0.269 e. The Bertz CT molecular complexity index is 1390. The first kappa shape index (κ1) is 23.2. The van der Waals surface area contributed by atoms with Crippen LogP contribution in [-0.4, -0.2) is 22.6 Å². The molecule has 2 aliphatic rings. The second kappa shape index (κ2) is 9.22. The number of hydrogen-bond donors (Lipinski definition) is 1. The number of anilines is 2. The molecule has 0 spiro atoms. The van der Waals surface area contributed by atoms with E-state index in [0.29, 0.717) is 29.8 Å². The lowest BCUT2D eigenvalue weighted by Gasteiger charge is -2.18. The quantitative estimate of drug-likeness (QED) is 0.228. The topological polar surface area (TPSA) is 110 Å². The van der Waals surface area contributed by atoms with Crippen molar-refractivity contribution in [3.63, 3.8) is 0 Å². The molecule has 1 fully saturated rings. The summed E-state index contributed by atoms with van der Waals surface area (Å²) in [7, 11) is 0. The van der Waals surface area contributed by atoms with Gasteiger partial charge in [0.15, 0.2) is 0 Å². The van der Waals surface area contributed by atoms with Crippen molar-refractivity contribution in [3.05, 3.63) is 100 Å². The van der Waals surface area contributed by atoms with E-state index >= 15 is 0 Å². The van der Waals surface area contributed by atoms with Crippen LogP contribution in [0.4, 0.5) is 17.1 Å². The van der Waals surface area contributed by atoms with E-state index in [4.69, 9.17) is 0 Å². The third-order valence-electron chi connectivity index (χ3n) is 6.76. The summed E-state index contributed by atoms with van der Waals surface area (Å²) in [5, 5.41) is 13.7. The zero-order valence-corrected chi connectivity index (χ0v) is 19.5. The molecule has 3 aromatic rings. The predicted octanol–water partition coefficient (Wildman–Crippen LogP) is 5.36. The van der Waals surface area contributed by atoms with Crippen LogP contribution in [0.3, 0.4) is 0 Å². The predicted molar refractivity (Wildman–Crippen MR) is 135 cm³/mol. The molecule has 1 aliphatic heterocycles. The molecule has 2 atom stereocenters. The lowest BCUT2D eigenvalue weighted by Crippen LogP contribution is -2.30. The molecule has 1 aliphatic carbocycles. The molecule has 1 heterocycles. The lowest BCUT2D eigenvalue weighted by molar-refractivity contribution is -0.384. The Kier molecular flexibility index (Phi) is 5.93. The summed E-state index contributed by atoms with van der Waals surface area (Å²) in [6, 6.07) is 19.8. The molecule has 3 amide bonds. The number of amides is 3. The van der Waals surface area contributed by atoms with Crippen molar-refractivity contribution >= 4 is 34.8 Å². The fourth-order valence-electron chi connectivity index (χ4n) is 4.78. The van der Waals surface area contributed by atoms with Gasteiger partial charge in [-0.3, -0.25) is 29.4 Å². The standard InChI is InChI=1S/C28H23N3O5/c1-17-2-15-24-25(16-17)28(34)30(27(24)33)22-11-7-20(8-12-22)26(32)29-21-9-3-18(4-10-21)19-5-13-23(14-6-19)31(35)36/h2-14,24-25H,15-16H2,1H3,(H,29,32)/t24-,25-/m0/s1. The fraction of sp³-hybridized carbons (Fsp3) is 0.179. The number of nitrogens with one attached hydrogen (secondary N) is 1. The largest absolute Gasteiger partial charge is 0.322 e. The summed E-state index contributed by atoms with van der Waals surface area (Å²) < 4.78 is 0. The number of fused-ring (bicyclic) bond motifs is 1. The SMILES string of the molecule is CC1=CC[C@@H]2C(=O)N(c3ccc(C(=O)Nc4ccc(-c5ccc([N+](=O)[O-])cc5)cc4)cc3)C(=O)[C@H]2C1. The molecule has 8 heteroatoms. The highest BCUT2D eigenvalue weighted by atomic mass is 16.6. The van der Waals surface area contributed by atoms with Crippen LogP contribution >= 0.6 is 0 Å². The van der Waals surface area contributed by atoms with Crippen molar-refractivity contribution in [2.24, 2.45) is 11.8 Å². The van der Waals surface area contributed by atoms with Gasteiger partial charge >= 0.3 is 0 Å². The van der Waals surface area contributed by atoms with Gasteiger partial charge < -0.3 is 5.32 Å². The van der Waals surface area contributed by atoms with E-state index in [2.05, 4.69) is 5.32 Å².